The number of hydrogen-bond acceptors (Lipinski definition) is 5. The molecule has 3 aromatic carbocycles. The molecule has 0 aliphatic carbocycles. The zero-order valence-corrected chi connectivity index (χ0v) is 16.9. The average Bonchev–Trinajstić information content (AvgIpc) is 3.27. The van der Waals surface area contributed by atoms with Crippen molar-refractivity contribution in [3.63, 3.8) is 0 Å². The highest BCUT2D eigenvalue weighted by molar-refractivity contribution is 5.68. The Kier molecular flexibility index (Phi) is 5.90. The summed E-state index contributed by atoms with van der Waals surface area (Å²) in [6.07, 6.45) is 3.73. The van der Waals surface area contributed by atoms with Gasteiger partial charge in [-0.3, -0.25) is 0 Å². The molecule has 0 spiro atoms. The fraction of sp³-hybridized carbons (Fsp3) is 0.120. The van der Waals surface area contributed by atoms with Crippen LogP contribution in [0.25, 0.3) is 23.5 Å². The quantitative estimate of drug-likeness (QED) is 0.394. The zero-order valence-electron chi connectivity index (χ0n) is 16.9. The number of benzene rings is 3. The van der Waals surface area contributed by atoms with E-state index in [0.717, 1.165) is 33.8 Å². The van der Waals surface area contributed by atoms with Crippen LogP contribution in [-0.4, -0.2) is 17.3 Å². The normalized spacial score (nSPS) is 11.0. The van der Waals surface area contributed by atoms with Gasteiger partial charge in [0.1, 0.15) is 18.1 Å². The Hall–Kier alpha value is -3.86. The van der Waals surface area contributed by atoms with Gasteiger partial charge in [-0.2, -0.15) is 4.98 Å². The summed E-state index contributed by atoms with van der Waals surface area (Å²) in [5, 5.41) is 4.04. The Morgan fingerprint density at radius 3 is 2.50 bits per heavy atom. The summed E-state index contributed by atoms with van der Waals surface area (Å²) in [5.41, 5.74) is 3.95. The third-order valence-electron chi connectivity index (χ3n) is 4.67. The largest absolute Gasteiger partial charge is 0.496 e. The molecule has 0 saturated carbocycles. The molecule has 0 N–H and O–H groups in total. The zero-order chi connectivity index (χ0) is 20.8. The molecule has 0 fully saturated rings. The highest BCUT2D eigenvalue weighted by Crippen LogP contribution is 2.25. The Morgan fingerprint density at radius 1 is 0.900 bits per heavy atom. The fourth-order valence-electron chi connectivity index (χ4n) is 3.06. The average molecular weight is 398 g/mol. The Labute approximate surface area is 175 Å². The van der Waals surface area contributed by atoms with Crippen molar-refractivity contribution >= 4 is 12.2 Å². The summed E-state index contributed by atoms with van der Waals surface area (Å²) in [4.78, 5) is 4.42. The first-order valence-corrected chi connectivity index (χ1v) is 9.65. The summed E-state index contributed by atoms with van der Waals surface area (Å²) in [6.45, 7) is 2.44. The number of hydrogen-bond donors (Lipinski definition) is 0. The van der Waals surface area contributed by atoms with Crippen LogP contribution >= 0.6 is 0 Å². The molecule has 30 heavy (non-hydrogen) atoms. The van der Waals surface area contributed by atoms with Crippen LogP contribution in [0.1, 0.15) is 22.6 Å². The van der Waals surface area contributed by atoms with Crippen molar-refractivity contribution in [2.75, 3.05) is 7.11 Å². The molecule has 0 saturated heterocycles. The van der Waals surface area contributed by atoms with E-state index in [2.05, 4.69) is 10.1 Å². The first-order chi connectivity index (χ1) is 14.7. The Bertz CT molecular complexity index is 1150. The second kappa shape index (κ2) is 9.09. The van der Waals surface area contributed by atoms with Gasteiger partial charge in [0.15, 0.2) is 0 Å². The molecule has 0 aliphatic rings. The van der Waals surface area contributed by atoms with Crippen LogP contribution in [0.15, 0.2) is 77.3 Å². The Morgan fingerprint density at radius 2 is 1.70 bits per heavy atom. The highest BCUT2D eigenvalue weighted by Gasteiger charge is 2.08. The molecule has 1 heterocycles. The maximum atomic E-state index is 5.99. The summed E-state index contributed by atoms with van der Waals surface area (Å²) >= 11 is 0. The summed E-state index contributed by atoms with van der Waals surface area (Å²) in [7, 11) is 1.66. The molecule has 4 rings (SSSR count). The fourth-order valence-corrected chi connectivity index (χ4v) is 3.06. The van der Waals surface area contributed by atoms with E-state index in [-0.39, 0.29) is 0 Å². The number of aryl methyl sites for hydroxylation is 1. The Balaban J connectivity index is 1.50. The standard InChI is InChI=1S/C25H22N2O3/c1-18-8-6-7-11-22(18)29-17-21-16-19(12-14-23(21)28-2)13-15-24-26-25(27-30-24)20-9-4-3-5-10-20/h3-16H,17H2,1-2H3/b15-13-. The smallest absolute Gasteiger partial charge is 0.250 e. The number of aromatic nitrogens is 2. The van der Waals surface area contributed by atoms with E-state index < -0.39 is 0 Å². The predicted molar refractivity (Wildman–Crippen MR) is 117 cm³/mol. The van der Waals surface area contributed by atoms with Gasteiger partial charge in [-0.25, -0.2) is 0 Å². The molecule has 0 amide bonds. The summed E-state index contributed by atoms with van der Waals surface area (Å²) in [5.74, 6) is 2.66. The number of para-hydroxylation sites is 1. The lowest BCUT2D eigenvalue weighted by Crippen LogP contribution is -2.00. The van der Waals surface area contributed by atoms with Crippen LogP contribution in [-0.2, 0) is 6.61 Å². The molecule has 0 unspecified atom stereocenters. The van der Waals surface area contributed by atoms with Crippen LogP contribution in [0.2, 0.25) is 0 Å². The SMILES string of the molecule is COc1ccc(/C=C\c2nc(-c3ccccc3)no2)cc1COc1ccccc1C. The molecule has 5 heteroatoms. The van der Waals surface area contributed by atoms with Crippen molar-refractivity contribution in [2.24, 2.45) is 0 Å². The van der Waals surface area contributed by atoms with Gasteiger partial charge in [-0.15, -0.1) is 0 Å². The van der Waals surface area contributed by atoms with Gasteiger partial charge in [0.2, 0.25) is 5.82 Å². The monoisotopic (exact) mass is 398 g/mol. The minimum atomic E-state index is 0.411. The van der Waals surface area contributed by atoms with Gasteiger partial charge in [-0.1, -0.05) is 59.8 Å². The van der Waals surface area contributed by atoms with E-state index in [9.17, 15) is 0 Å². The van der Waals surface area contributed by atoms with Gasteiger partial charge < -0.3 is 14.0 Å². The third kappa shape index (κ3) is 4.58. The van der Waals surface area contributed by atoms with Crippen LogP contribution in [0, 0.1) is 6.92 Å². The molecule has 0 bridgehead atoms. The van der Waals surface area contributed by atoms with Gasteiger partial charge in [0.05, 0.1) is 7.11 Å². The summed E-state index contributed by atoms with van der Waals surface area (Å²) < 4.78 is 16.8. The lowest BCUT2D eigenvalue weighted by atomic mass is 10.1. The van der Waals surface area contributed by atoms with Gasteiger partial charge in [0.25, 0.3) is 5.89 Å². The number of nitrogens with zero attached hydrogens (tertiary/aromatic N) is 2. The molecule has 5 nitrogen and oxygen atoms in total. The molecule has 0 aliphatic heterocycles. The van der Waals surface area contributed by atoms with Crippen molar-refractivity contribution in [3.8, 4) is 22.9 Å². The first kappa shape index (κ1) is 19.5. The molecular formula is C25H22N2O3. The maximum Gasteiger partial charge on any atom is 0.250 e. The van der Waals surface area contributed by atoms with Gasteiger partial charge in [-0.05, 0) is 42.3 Å². The van der Waals surface area contributed by atoms with E-state index in [0.29, 0.717) is 18.3 Å². The van der Waals surface area contributed by atoms with Crippen LogP contribution in [0.5, 0.6) is 11.5 Å². The second-order valence-electron chi connectivity index (χ2n) is 6.78. The predicted octanol–water partition coefficient (Wildman–Crippen LogP) is 5.80. The van der Waals surface area contributed by atoms with E-state index in [4.69, 9.17) is 14.0 Å². The highest BCUT2D eigenvalue weighted by atomic mass is 16.5. The van der Waals surface area contributed by atoms with E-state index >= 15 is 0 Å². The van der Waals surface area contributed by atoms with Crippen molar-refractivity contribution in [1.82, 2.24) is 10.1 Å². The van der Waals surface area contributed by atoms with Crippen molar-refractivity contribution in [1.29, 1.82) is 0 Å². The molecule has 150 valence electrons. The molecule has 0 atom stereocenters. The van der Waals surface area contributed by atoms with Gasteiger partial charge >= 0.3 is 0 Å². The maximum absolute atomic E-state index is 5.99. The molecule has 0 radical (unpaired) electrons. The van der Waals surface area contributed by atoms with E-state index in [1.807, 2.05) is 85.8 Å². The molecule has 4 aromatic rings. The minimum absolute atomic E-state index is 0.411. The van der Waals surface area contributed by atoms with Gasteiger partial charge in [0, 0.05) is 17.2 Å². The van der Waals surface area contributed by atoms with Crippen LogP contribution < -0.4 is 9.47 Å². The molecular weight excluding hydrogens is 376 g/mol. The number of rotatable bonds is 7. The van der Waals surface area contributed by atoms with E-state index in [1.54, 1.807) is 13.2 Å². The topological polar surface area (TPSA) is 57.4 Å². The number of ether oxygens (including phenoxy) is 2. The third-order valence-corrected chi connectivity index (χ3v) is 4.67. The van der Waals surface area contributed by atoms with Crippen LogP contribution in [0.3, 0.4) is 0 Å². The summed E-state index contributed by atoms with van der Waals surface area (Å²) in [6, 6.07) is 23.6. The lowest BCUT2D eigenvalue weighted by molar-refractivity contribution is 0.295. The number of methoxy groups -OCH3 is 1. The minimum Gasteiger partial charge on any atom is -0.496 e. The van der Waals surface area contributed by atoms with Crippen molar-refractivity contribution in [3.05, 3.63) is 95.4 Å². The van der Waals surface area contributed by atoms with Crippen molar-refractivity contribution < 1.29 is 14.0 Å². The molecule has 1 aromatic heterocycles. The second-order valence-corrected chi connectivity index (χ2v) is 6.78. The first-order valence-electron chi connectivity index (χ1n) is 9.65. The lowest BCUT2D eigenvalue weighted by Gasteiger charge is -2.12. The van der Waals surface area contributed by atoms with E-state index in [1.165, 1.54) is 0 Å². The van der Waals surface area contributed by atoms with Crippen LogP contribution in [0.4, 0.5) is 0 Å². The van der Waals surface area contributed by atoms with Crippen molar-refractivity contribution in [2.45, 2.75) is 13.5 Å².